The van der Waals surface area contributed by atoms with Crippen LogP contribution in [0.5, 0.6) is 0 Å². The molecule has 1 saturated heterocycles. The van der Waals surface area contributed by atoms with Crippen molar-refractivity contribution in [3.8, 4) is 0 Å². The normalized spacial score (nSPS) is 14.0. The Bertz CT molecular complexity index is 723. The van der Waals surface area contributed by atoms with E-state index in [1.165, 1.54) is 37.8 Å². The van der Waals surface area contributed by atoms with Crippen LogP contribution >= 0.6 is 0 Å². The molecule has 27 heavy (non-hydrogen) atoms. The Morgan fingerprint density at radius 1 is 1.07 bits per heavy atom. The highest BCUT2D eigenvalue weighted by Crippen LogP contribution is 2.22. The number of rotatable bonds is 8. The molecule has 2 N–H and O–H groups in total. The van der Waals surface area contributed by atoms with Gasteiger partial charge in [-0.3, -0.25) is 4.79 Å². The largest absolute Gasteiger partial charge is 0.372 e. The van der Waals surface area contributed by atoms with Gasteiger partial charge in [0.15, 0.2) is 0 Å². The summed E-state index contributed by atoms with van der Waals surface area (Å²) in [4.78, 5) is 19.3. The first-order valence-corrected chi connectivity index (χ1v) is 10.1. The Labute approximate surface area is 162 Å². The van der Waals surface area contributed by atoms with Crippen LogP contribution in [0, 0.1) is 0 Å². The van der Waals surface area contributed by atoms with Crippen molar-refractivity contribution in [1.29, 1.82) is 0 Å². The van der Waals surface area contributed by atoms with Gasteiger partial charge >= 0.3 is 0 Å². The molecule has 0 aliphatic carbocycles. The van der Waals surface area contributed by atoms with Crippen LogP contribution in [0.4, 0.5) is 17.2 Å². The van der Waals surface area contributed by atoms with Crippen molar-refractivity contribution in [2.75, 3.05) is 35.2 Å². The van der Waals surface area contributed by atoms with E-state index in [1.54, 1.807) is 12.3 Å². The average Bonchev–Trinajstić information content (AvgIpc) is 2.73. The lowest BCUT2D eigenvalue weighted by Gasteiger charge is -2.28. The van der Waals surface area contributed by atoms with Crippen molar-refractivity contribution in [1.82, 2.24) is 4.98 Å². The van der Waals surface area contributed by atoms with Crippen molar-refractivity contribution in [3.63, 3.8) is 0 Å². The lowest BCUT2D eigenvalue weighted by Crippen LogP contribution is -2.29. The molecular weight excluding hydrogens is 336 g/mol. The second kappa shape index (κ2) is 9.95. The first-order valence-electron chi connectivity index (χ1n) is 10.1. The highest BCUT2D eigenvalue weighted by molar-refractivity contribution is 6.04. The van der Waals surface area contributed by atoms with Crippen LogP contribution in [-0.2, 0) is 0 Å². The molecule has 1 aliphatic rings. The van der Waals surface area contributed by atoms with Gasteiger partial charge in [-0.05, 0) is 62.1 Å². The fourth-order valence-corrected chi connectivity index (χ4v) is 3.37. The summed E-state index contributed by atoms with van der Waals surface area (Å²) in [7, 11) is 0. The standard InChI is InChI=1S/C22H30N4O/c1-2-3-5-13-23-21-17-18(12-14-24-21)22(27)25-19-8-10-20(11-9-19)26-15-6-4-7-16-26/h8-12,14,17H,2-7,13,15-16H2,1H3,(H,23,24)(H,25,27). The lowest BCUT2D eigenvalue weighted by molar-refractivity contribution is 0.102. The number of pyridine rings is 1. The molecule has 5 heteroatoms. The van der Waals surface area contributed by atoms with Crippen LogP contribution in [0.2, 0.25) is 0 Å². The number of nitrogens with zero attached hydrogens (tertiary/aromatic N) is 2. The number of unbranched alkanes of at least 4 members (excludes halogenated alkanes) is 2. The molecule has 1 aromatic heterocycles. The van der Waals surface area contributed by atoms with E-state index < -0.39 is 0 Å². The highest BCUT2D eigenvalue weighted by atomic mass is 16.1. The van der Waals surface area contributed by atoms with Crippen LogP contribution in [-0.4, -0.2) is 30.5 Å². The van der Waals surface area contributed by atoms with Crippen molar-refractivity contribution in [2.45, 2.75) is 45.4 Å². The molecule has 0 bridgehead atoms. The van der Waals surface area contributed by atoms with Crippen LogP contribution < -0.4 is 15.5 Å². The Balaban J connectivity index is 1.56. The molecule has 2 heterocycles. The van der Waals surface area contributed by atoms with E-state index in [-0.39, 0.29) is 5.91 Å². The van der Waals surface area contributed by atoms with Crippen molar-refractivity contribution < 1.29 is 4.79 Å². The Hall–Kier alpha value is -2.56. The number of benzene rings is 1. The number of piperidine rings is 1. The summed E-state index contributed by atoms with van der Waals surface area (Å²) in [6, 6.07) is 11.7. The average molecular weight is 367 g/mol. The molecule has 0 radical (unpaired) electrons. The minimum Gasteiger partial charge on any atom is -0.372 e. The number of carbonyl (C=O) groups excluding carboxylic acids is 1. The smallest absolute Gasteiger partial charge is 0.255 e. The third-order valence-electron chi connectivity index (χ3n) is 4.95. The predicted molar refractivity (Wildman–Crippen MR) is 113 cm³/mol. The molecule has 1 aliphatic heterocycles. The van der Waals surface area contributed by atoms with Crippen LogP contribution in [0.3, 0.4) is 0 Å². The van der Waals surface area contributed by atoms with Gasteiger partial charge in [0, 0.05) is 42.8 Å². The van der Waals surface area contributed by atoms with E-state index in [2.05, 4.69) is 39.6 Å². The van der Waals surface area contributed by atoms with Crippen molar-refractivity contribution in [2.24, 2.45) is 0 Å². The Kier molecular flexibility index (Phi) is 7.08. The van der Waals surface area contributed by atoms with E-state index in [0.717, 1.165) is 37.6 Å². The number of amides is 1. The zero-order valence-electron chi connectivity index (χ0n) is 16.2. The molecule has 5 nitrogen and oxygen atoms in total. The number of aromatic nitrogens is 1. The molecule has 1 amide bonds. The van der Waals surface area contributed by atoms with Crippen molar-refractivity contribution >= 4 is 23.1 Å². The first kappa shape index (κ1) is 19.2. The molecule has 0 spiro atoms. The highest BCUT2D eigenvalue weighted by Gasteiger charge is 2.11. The third kappa shape index (κ3) is 5.71. The molecular formula is C22H30N4O. The minimum absolute atomic E-state index is 0.111. The predicted octanol–water partition coefficient (Wildman–Crippen LogP) is 4.93. The van der Waals surface area contributed by atoms with Gasteiger partial charge in [0.2, 0.25) is 0 Å². The molecule has 1 aromatic carbocycles. The molecule has 2 aromatic rings. The molecule has 3 rings (SSSR count). The molecule has 0 unspecified atom stereocenters. The van der Waals surface area contributed by atoms with E-state index in [9.17, 15) is 4.79 Å². The van der Waals surface area contributed by atoms with Gasteiger partial charge in [-0.25, -0.2) is 4.98 Å². The summed E-state index contributed by atoms with van der Waals surface area (Å²) in [6.45, 7) is 5.31. The number of anilines is 3. The summed E-state index contributed by atoms with van der Waals surface area (Å²) < 4.78 is 0. The van der Waals surface area contributed by atoms with E-state index in [4.69, 9.17) is 0 Å². The van der Waals surface area contributed by atoms with Gasteiger partial charge in [-0.2, -0.15) is 0 Å². The van der Waals surface area contributed by atoms with Gasteiger partial charge in [0.25, 0.3) is 5.91 Å². The molecule has 144 valence electrons. The first-order chi connectivity index (χ1) is 13.3. The van der Waals surface area contributed by atoms with Crippen LogP contribution in [0.15, 0.2) is 42.6 Å². The Morgan fingerprint density at radius 2 is 1.85 bits per heavy atom. The number of nitrogens with one attached hydrogen (secondary N) is 2. The second-order valence-electron chi connectivity index (χ2n) is 7.11. The lowest BCUT2D eigenvalue weighted by atomic mass is 10.1. The van der Waals surface area contributed by atoms with Gasteiger partial charge < -0.3 is 15.5 Å². The summed E-state index contributed by atoms with van der Waals surface area (Å²) in [5.41, 5.74) is 2.66. The van der Waals surface area contributed by atoms with Crippen LogP contribution in [0.25, 0.3) is 0 Å². The van der Waals surface area contributed by atoms with E-state index in [0.29, 0.717) is 5.56 Å². The fourth-order valence-electron chi connectivity index (χ4n) is 3.37. The number of hydrogen-bond acceptors (Lipinski definition) is 4. The summed E-state index contributed by atoms with van der Waals surface area (Å²) >= 11 is 0. The maximum Gasteiger partial charge on any atom is 0.255 e. The van der Waals surface area contributed by atoms with Gasteiger partial charge in [0.05, 0.1) is 0 Å². The van der Waals surface area contributed by atoms with Gasteiger partial charge in [-0.1, -0.05) is 19.8 Å². The Morgan fingerprint density at radius 3 is 2.59 bits per heavy atom. The minimum atomic E-state index is -0.111. The monoisotopic (exact) mass is 366 g/mol. The van der Waals surface area contributed by atoms with E-state index >= 15 is 0 Å². The molecule has 0 atom stereocenters. The quantitative estimate of drug-likeness (QED) is 0.651. The van der Waals surface area contributed by atoms with Crippen LogP contribution in [0.1, 0.15) is 55.8 Å². The molecule has 1 fully saturated rings. The second-order valence-corrected chi connectivity index (χ2v) is 7.11. The summed E-state index contributed by atoms with van der Waals surface area (Å²) in [6.07, 6.45) is 9.01. The van der Waals surface area contributed by atoms with Crippen molar-refractivity contribution in [3.05, 3.63) is 48.2 Å². The number of hydrogen-bond donors (Lipinski definition) is 2. The van der Waals surface area contributed by atoms with E-state index in [1.807, 2.05) is 18.2 Å². The van der Waals surface area contributed by atoms with Gasteiger partial charge in [0.1, 0.15) is 5.82 Å². The topological polar surface area (TPSA) is 57.3 Å². The summed E-state index contributed by atoms with van der Waals surface area (Å²) in [5, 5.41) is 6.26. The third-order valence-corrected chi connectivity index (χ3v) is 4.95. The summed E-state index contributed by atoms with van der Waals surface area (Å²) in [5.74, 6) is 0.638. The number of carbonyl (C=O) groups is 1. The van der Waals surface area contributed by atoms with Gasteiger partial charge in [-0.15, -0.1) is 0 Å². The molecule has 0 saturated carbocycles. The zero-order valence-corrected chi connectivity index (χ0v) is 16.2. The zero-order chi connectivity index (χ0) is 18.9. The fraction of sp³-hybridized carbons (Fsp3) is 0.455. The maximum atomic E-state index is 12.6. The SMILES string of the molecule is CCCCCNc1cc(C(=O)Nc2ccc(N3CCCCC3)cc2)ccn1. The maximum absolute atomic E-state index is 12.6.